The molecular weight excluding hydrogens is 350 g/mol. The van der Waals surface area contributed by atoms with Gasteiger partial charge in [0, 0.05) is 11.8 Å². The van der Waals surface area contributed by atoms with E-state index in [1.165, 1.54) is 6.92 Å². The molecule has 1 heterocycles. The van der Waals surface area contributed by atoms with E-state index in [2.05, 4.69) is 5.32 Å². The van der Waals surface area contributed by atoms with Crippen molar-refractivity contribution < 1.29 is 28.5 Å². The highest BCUT2D eigenvalue weighted by Gasteiger charge is 2.20. The summed E-state index contributed by atoms with van der Waals surface area (Å²) in [7, 11) is 0. The largest absolute Gasteiger partial charge is 0.481 e. The van der Waals surface area contributed by atoms with Gasteiger partial charge in [0.05, 0.1) is 0 Å². The fourth-order valence-corrected chi connectivity index (χ4v) is 2.66. The normalized spacial score (nSPS) is 13.0. The summed E-state index contributed by atoms with van der Waals surface area (Å²) < 4.78 is 21.2. The standard InChI is InChI=1S/C20H21NO6/c1-12-5-4-6-13(2)19(12)24-10-18(22)27-14(3)20(23)21-15-7-8-16-17(9-15)26-11-25-16/h4-9,14H,10-11H2,1-3H3,(H,21,23)/t14-/m0/s1. The quantitative estimate of drug-likeness (QED) is 0.786. The SMILES string of the molecule is Cc1cccc(C)c1OCC(=O)O[C@@H](C)C(=O)Nc1ccc2c(c1)OCO2. The number of hydrogen-bond donors (Lipinski definition) is 1. The molecule has 0 unspecified atom stereocenters. The van der Waals surface area contributed by atoms with Gasteiger partial charge in [-0.2, -0.15) is 0 Å². The topological polar surface area (TPSA) is 83.1 Å². The first-order valence-corrected chi connectivity index (χ1v) is 8.53. The number of esters is 1. The molecule has 142 valence electrons. The second kappa shape index (κ2) is 7.99. The average molecular weight is 371 g/mol. The molecule has 2 aromatic rings. The van der Waals surface area contributed by atoms with Gasteiger partial charge in [-0.15, -0.1) is 0 Å². The molecule has 27 heavy (non-hydrogen) atoms. The van der Waals surface area contributed by atoms with Crippen molar-refractivity contribution in [2.75, 3.05) is 18.7 Å². The lowest BCUT2D eigenvalue weighted by atomic mass is 10.1. The van der Waals surface area contributed by atoms with Crippen LogP contribution in [0.2, 0.25) is 0 Å². The van der Waals surface area contributed by atoms with Crippen LogP contribution in [0.4, 0.5) is 5.69 Å². The molecule has 0 fully saturated rings. The van der Waals surface area contributed by atoms with Gasteiger partial charge in [-0.25, -0.2) is 4.79 Å². The lowest BCUT2D eigenvalue weighted by molar-refractivity contribution is -0.155. The molecule has 1 atom stereocenters. The predicted molar refractivity (Wildman–Crippen MR) is 98.2 cm³/mol. The summed E-state index contributed by atoms with van der Waals surface area (Å²) in [5.41, 5.74) is 2.38. The number of carbonyl (C=O) groups excluding carboxylic acids is 2. The number of aryl methyl sites for hydroxylation is 2. The zero-order valence-corrected chi connectivity index (χ0v) is 15.4. The Morgan fingerprint density at radius 2 is 1.81 bits per heavy atom. The van der Waals surface area contributed by atoms with Crippen LogP contribution in [0.5, 0.6) is 17.2 Å². The smallest absolute Gasteiger partial charge is 0.344 e. The molecule has 1 aliphatic rings. The van der Waals surface area contributed by atoms with Crippen LogP contribution < -0.4 is 19.5 Å². The van der Waals surface area contributed by atoms with Crippen LogP contribution in [0.3, 0.4) is 0 Å². The molecule has 0 radical (unpaired) electrons. The van der Waals surface area contributed by atoms with Gasteiger partial charge in [0.15, 0.2) is 24.2 Å². The molecule has 0 bridgehead atoms. The second-order valence-electron chi connectivity index (χ2n) is 6.20. The van der Waals surface area contributed by atoms with E-state index >= 15 is 0 Å². The fraction of sp³-hybridized carbons (Fsp3) is 0.300. The number of ether oxygens (including phenoxy) is 4. The van der Waals surface area contributed by atoms with Gasteiger partial charge in [-0.1, -0.05) is 18.2 Å². The van der Waals surface area contributed by atoms with E-state index in [1.54, 1.807) is 18.2 Å². The van der Waals surface area contributed by atoms with Crippen LogP contribution >= 0.6 is 0 Å². The first-order valence-electron chi connectivity index (χ1n) is 8.53. The Labute approximate surface area is 157 Å². The summed E-state index contributed by atoms with van der Waals surface area (Å²) in [5.74, 6) is 0.753. The van der Waals surface area contributed by atoms with E-state index in [-0.39, 0.29) is 13.4 Å². The highest BCUT2D eigenvalue weighted by atomic mass is 16.7. The number of hydrogen-bond acceptors (Lipinski definition) is 6. The number of para-hydroxylation sites is 1. The first-order chi connectivity index (χ1) is 12.9. The number of amides is 1. The Morgan fingerprint density at radius 3 is 2.56 bits per heavy atom. The van der Waals surface area contributed by atoms with Crippen molar-refractivity contribution in [1.29, 1.82) is 0 Å². The van der Waals surface area contributed by atoms with Crippen LogP contribution in [0.1, 0.15) is 18.1 Å². The van der Waals surface area contributed by atoms with Crippen LogP contribution in [0, 0.1) is 13.8 Å². The van der Waals surface area contributed by atoms with Crippen LogP contribution in [-0.4, -0.2) is 31.4 Å². The third kappa shape index (κ3) is 4.49. The molecule has 1 amide bonds. The number of rotatable bonds is 6. The lowest BCUT2D eigenvalue weighted by Gasteiger charge is -2.15. The molecule has 7 heteroatoms. The number of anilines is 1. The van der Waals surface area contributed by atoms with Gasteiger partial charge in [-0.05, 0) is 44.0 Å². The Morgan fingerprint density at radius 1 is 1.11 bits per heavy atom. The molecule has 0 aliphatic carbocycles. The molecule has 0 saturated carbocycles. The summed E-state index contributed by atoms with van der Waals surface area (Å²) in [5, 5.41) is 2.68. The van der Waals surface area contributed by atoms with Crippen molar-refractivity contribution in [3.05, 3.63) is 47.5 Å². The lowest BCUT2D eigenvalue weighted by Crippen LogP contribution is -2.31. The van der Waals surface area contributed by atoms with Crippen molar-refractivity contribution in [2.45, 2.75) is 26.9 Å². The highest BCUT2D eigenvalue weighted by molar-refractivity contribution is 5.95. The Kier molecular flexibility index (Phi) is 5.49. The molecule has 0 aromatic heterocycles. The maximum absolute atomic E-state index is 12.2. The second-order valence-corrected chi connectivity index (χ2v) is 6.20. The van der Waals surface area contributed by atoms with Crippen molar-refractivity contribution in [3.63, 3.8) is 0 Å². The maximum Gasteiger partial charge on any atom is 0.344 e. The van der Waals surface area contributed by atoms with Crippen LogP contribution in [0.25, 0.3) is 0 Å². The van der Waals surface area contributed by atoms with E-state index in [0.717, 1.165) is 11.1 Å². The van der Waals surface area contributed by atoms with Crippen molar-refractivity contribution in [2.24, 2.45) is 0 Å². The van der Waals surface area contributed by atoms with Crippen molar-refractivity contribution in [1.82, 2.24) is 0 Å². The Bertz CT molecular complexity index is 843. The number of nitrogens with one attached hydrogen (secondary N) is 1. The Hall–Kier alpha value is -3.22. The molecule has 0 spiro atoms. The zero-order chi connectivity index (χ0) is 19.4. The third-order valence-electron chi connectivity index (χ3n) is 4.06. The third-order valence-corrected chi connectivity index (χ3v) is 4.06. The van der Waals surface area contributed by atoms with Gasteiger partial charge >= 0.3 is 5.97 Å². The number of benzene rings is 2. The number of fused-ring (bicyclic) bond motifs is 1. The molecule has 3 rings (SSSR count). The highest BCUT2D eigenvalue weighted by Crippen LogP contribution is 2.34. The predicted octanol–water partition coefficient (Wildman–Crippen LogP) is 2.98. The molecule has 1 N–H and O–H groups in total. The van der Waals surface area contributed by atoms with E-state index in [0.29, 0.717) is 22.9 Å². The molecular formula is C20H21NO6. The molecule has 1 aliphatic heterocycles. The van der Waals surface area contributed by atoms with Crippen molar-refractivity contribution >= 4 is 17.6 Å². The summed E-state index contributed by atoms with van der Waals surface area (Å²) in [4.78, 5) is 24.2. The zero-order valence-electron chi connectivity index (χ0n) is 15.4. The summed E-state index contributed by atoms with van der Waals surface area (Å²) in [6.45, 7) is 5.18. The van der Waals surface area contributed by atoms with E-state index in [9.17, 15) is 9.59 Å². The van der Waals surface area contributed by atoms with E-state index in [4.69, 9.17) is 18.9 Å². The van der Waals surface area contributed by atoms with Crippen LogP contribution in [-0.2, 0) is 14.3 Å². The molecule has 2 aromatic carbocycles. The van der Waals surface area contributed by atoms with Crippen LogP contribution in [0.15, 0.2) is 36.4 Å². The summed E-state index contributed by atoms with van der Waals surface area (Å²) in [6.07, 6.45) is -0.968. The van der Waals surface area contributed by atoms with E-state index in [1.807, 2.05) is 32.0 Å². The fourth-order valence-electron chi connectivity index (χ4n) is 2.66. The minimum absolute atomic E-state index is 0.154. The monoisotopic (exact) mass is 371 g/mol. The van der Waals surface area contributed by atoms with Gasteiger partial charge in [-0.3, -0.25) is 4.79 Å². The first kappa shape index (κ1) is 18.6. The van der Waals surface area contributed by atoms with Gasteiger partial charge in [0.1, 0.15) is 5.75 Å². The average Bonchev–Trinajstić information content (AvgIpc) is 3.09. The maximum atomic E-state index is 12.2. The van der Waals surface area contributed by atoms with Gasteiger partial charge in [0.25, 0.3) is 5.91 Å². The van der Waals surface area contributed by atoms with Crippen molar-refractivity contribution in [3.8, 4) is 17.2 Å². The Balaban J connectivity index is 1.51. The summed E-state index contributed by atoms with van der Waals surface area (Å²) >= 11 is 0. The minimum Gasteiger partial charge on any atom is -0.481 e. The molecule has 0 saturated heterocycles. The number of carbonyl (C=O) groups is 2. The summed E-state index contributed by atoms with van der Waals surface area (Å²) in [6, 6.07) is 10.7. The molecule has 7 nitrogen and oxygen atoms in total. The minimum atomic E-state index is -0.968. The van der Waals surface area contributed by atoms with Gasteiger partial charge in [0.2, 0.25) is 6.79 Å². The van der Waals surface area contributed by atoms with E-state index < -0.39 is 18.0 Å². The van der Waals surface area contributed by atoms with Gasteiger partial charge < -0.3 is 24.3 Å².